The fourth-order valence-corrected chi connectivity index (χ4v) is 3.91. The zero-order valence-electron chi connectivity index (χ0n) is 17.4. The second kappa shape index (κ2) is 9.39. The van der Waals surface area contributed by atoms with Gasteiger partial charge >= 0.3 is 0 Å². The van der Waals surface area contributed by atoms with E-state index in [1.807, 2.05) is 25.1 Å². The standard InChI is InChI=1S/C21H28N2O5S/c1-14-7-6-8-19(9-14)28-13-18(24)12-22-21(25)17-10-15(2)16(3)20(11-17)29(26,27)23(4)5/h6-11,18,24H,12-13H2,1-5H3,(H,22,25). The quantitative estimate of drug-likeness (QED) is 0.681. The Bertz CT molecular complexity index is 987. The van der Waals surface area contributed by atoms with Crippen LogP contribution in [-0.4, -0.2) is 57.1 Å². The maximum absolute atomic E-state index is 12.5. The van der Waals surface area contributed by atoms with Crippen molar-refractivity contribution in [1.29, 1.82) is 0 Å². The Hall–Kier alpha value is -2.42. The van der Waals surface area contributed by atoms with Gasteiger partial charge in [0.1, 0.15) is 18.5 Å². The van der Waals surface area contributed by atoms with Crippen molar-refractivity contribution in [1.82, 2.24) is 9.62 Å². The molecule has 2 aromatic carbocycles. The minimum atomic E-state index is -3.68. The number of aryl methyl sites for hydroxylation is 2. The molecule has 0 bridgehead atoms. The molecule has 2 aromatic rings. The minimum absolute atomic E-state index is 0.0205. The Morgan fingerprint density at radius 2 is 1.86 bits per heavy atom. The lowest BCUT2D eigenvalue weighted by Gasteiger charge is -2.17. The highest BCUT2D eigenvalue weighted by atomic mass is 32.2. The lowest BCUT2D eigenvalue weighted by atomic mass is 10.1. The zero-order valence-corrected chi connectivity index (χ0v) is 18.2. The average Bonchev–Trinajstić information content (AvgIpc) is 2.66. The van der Waals surface area contributed by atoms with Crippen LogP contribution in [0.4, 0.5) is 0 Å². The van der Waals surface area contributed by atoms with Gasteiger partial charge in [-0.25, -0.2) is 12.7 Å². The van der Waals surface area contributed by atoms with Crippen molar-refractivity contribution in [2.24, 2.45) is 0 Å². The number of hydrogen-bond donors (Lipinski definition) is 2. The van der Waals surface area contributed by atoms with E-state index >= 15 is 0 Å². The molecule has 0 heterocycles. The Kier molecular flexibility index (Phi) is 7.40. The zero-order chi connectivity index (χ0) is 21.8. The highest BCUT2D eigenvalue weighted by molar-refractivity contribution is 7.89. The Morgan fingerprint density at radius 3 is 2.48 bits per heavy atom. The van der Waals surface area contributed by atoms with Crippen LogP contribution < -0.4 is 10.1 Å². The summed E-state index contributed by atoms with van der Waals surface area (Å²) < 4.78 is 31.7. The van der Waals surface area contributed by atoms with Gasteiger partial charge in [0.15, 0.2) is 0 Å². The summed E-state index contributed by atoms with van der Waals surface area (Å²) in [6, 6.07) is 10.4. The van der Waals surface area contributed by atoms with Gasteiger partial charge in [-0.1, -0.05) is 12.1 Å². The van der Waals surface area contributed by atoms with E-state index < -0.39 is 22.0 Å². The second-order valence-electron chi connectivity index (χ2n) is 7.20. The van der Waals surface area contributed by atoms with Crippen LogP contribution in [0.15, 0.2) is 41.3 Å². The van der Waals surface area contributed by atoms with Crippen molar-refractivity contribution in [3.05, 3.63) is 58.7 Å². The van der Waals surface area contributed by atoms with Crippen LogP contribution in [0.25, 0.3) is 0 Å². The summed E-state index contributed by atoms with van der Waals surface area (Å²) in [4.78, 5) is 12.6. The normalized spacial score (nSPS) is 12.7. The molecular formula is C21H28N2O5S. The van der Waals surface area contributed by atoms with Gasteiger partial charge in [-0.3, -0.25) is 4.79 Å². The van der Waals surface area contributed by atoms with E-state index in [9.17, 15) is 18.3 Å². The predicted molar refractivity (Wildman–Crippen MR) is 112 cm³/mol. The Morgan fingerprint density at radius 1 is 1.17 bits per heavy atom. The third kappa shape index (κ3) is 5.79. The summed E-state index contributed by atoms with van der Waals surface area (Å²) in [5.74, 6) is 0.181. The maximum atomic E-state index is 12.5. The first-order valence-corrected chi connectivity index (χ1v) is 10.7. The van der Waals surface area contributed by atoms with E-state index in [-0.39, 0.29) is 23.6 Å². The van der Waals surface area contributed by atoms with Crippen molar-refractivity contribution in [2.75, 3.05) is 27.2 Å². The number of aliphatic hydroxyl groups excluding tert-OH is 1. The summed E-state index contributed by atoms with van der Waals surface area (Å²) in [5, 5.41) is 12.7. The van der Waals surface area contributed by atoms with E-state index in [4.69, 9.17) is 4.74 Å². The number of aliphatic hydroxyl groups is 1. The van der Waals surface area contributed by atoms with Gasteiger partial charge in [0.2, 0.25) is 10.0 Å². The van der Waals surface area contributed by atoms with Crippen molar-refractivity contribution in [3.63, 3.8) is 0 Å². The van der Waals surface area contributed by atoms with E-state index in [1.165, 1.54) is 20.2 Å². The first-order valence-electron chi connectivity index (χ1n) is 9.22. The van der Waals surface area contributed by atoms with Gasteiger partial charge in [0, 0.05) is 26.2 Å². The van der Waals surface area contributed by atoms with Crippen molar-refractivity contribution in [2.45, 2.75) is 31.8 Å². The van der Waals surface area contributed by atoms with Crippen LogP contribution in [0.1, 0.15) is 27.0 Å². The summed E-state index contributed by atoms with van der Waals surface area (Å²) >= 11 is 0. The number of ether oxygens (including phenoxy) is 1. The first kappa shape index (κ1) is 22.9. The van der Waals surface area contributed by atoms with Crippen LogP contribution in [0.3, 0.4) is 0 Å². The topological polar surface area (TPSA) is 95.9 Å². The molecule has 0 aliphatic heterocycles. The fraction of sp³-hybridized carbons (Fsp3) is 0.381. The van der Waals surface area contributed by atoms with Crippen LogP contribution >= 0.6 is 0 Å². The molecule has 1 unspecified atom stereocenters. The highest BCUT2D eigenvalue weighted by Crippen LogP contribution is 2.23. The number of amides is 1. The first-order chi connectivity index (χ1) is 13.5. The lowest BCUT2D eigenvalue weighted by molar-refractivity contribution is 0.0843. The number of hydrogen-bond acceptors (Lipinski definition) is 5. The predicted octanol–water partition coefficient (Wildman–Crippen LogP) is 2.03. The molecule has 0 saturated carbocycles. The smallest absolute Gasteiger partial charge is 0.251 e. The molecule has 8 heteroatoms. The maximum Gasteiger partial charge on any atom is 0.251 e. The molecule has 158 valence electrons. The monoisotopic (exact) mass is 420 g/mol. The number of carbonyl (C=O) groups is 1. The minimum Gasteiger partial charge on any atom is -0.491 e. The molecule has 0 fully saturated rings. The third-order valence-electron chi connectivity index (χ3n) is 4.57. The molecule has 1 atom stereocenters. The van der Waals surface area contributed by atoms with Gasteiger partial charge in [-0.2, -0.15) is 0 Å². The van der Waals surface area contributed by atoms with Gasteiger partial charge < -0.3 is 15.2 Å². The van der Waals surface area contributed by atoms with Crippen molar-refractivity contribution in [3.8, 4) is 5.75 Å². The van der Waals surface area contributed by atoms with Gasteiger partial charge in [0.05, 0.1) is 4.90 Å². The summed E-state index contributed by atoms with van der Waals surface area (Å²) in [7, 11) is -0.784. The van der Waals surface area contributed by atoms with Gasteiger partial charge in [-0.05, 0) is 61.7 Å². The molecule has 0 radical (unpaired) electrons. The summed E-state index contributed by atoms with van der Waals surface area (Å²) in [6.45, 7) is 5.41. The largest absolute Gasteiger partial charge is 0.491 e. The molecule has 7 nitrogen and oxygen atoms in total. The Balaban J connectivity index is 2.04. The molecular weight excluding hydrogens is 392 g/mol. The van der Waals surface area contributed by atoms with E-state index in [0.717, 1.165) is 9.87 Å². The van der Waals surface area contributed by atoms with Crippen molar-refractivity contribution < 1.29 is 23.1 Å². The van der Waals surface area contributed by atoms with Crippen LogP contribution in [0, 0.1) is 20.8 Å². The molecule has 0 saturated heterocycles. The Labute approximate surface area is 172 Å². The van der Waals surface area contributed by atoms with E-state index in [0.29, 0.717) is 16.9 Å². The molecule has 2 N–H and O–H groups in total. The molecule has 1 amide bonds. The molecule has 0 aliphatic rings. The highest BCUT2D eigenvalue weighted by Gasteiger charge is 2.23. The number of carbonyl (C=O) groups excluding carboxylic acids is 1. The van der Waals surface area contributed by atoms with E-state index in [2.05, 4.69) is 5.32 Å². The summed E-state index contributed by atoms with van der Waals surface area (Å²) in [5.41, 5.74) is 2.56. The summed E-state index contributed by atoms with van der Waals surface area (Å²) in [6.07, 6.45) is -0.906. The lowest BCUT2D eigenvalue weighted by Crippen LogP contribution is -2.35. The fourth-order valence-electron chi connectivity index (χ4n) is 2.69. The number of benzene rings is 2. The molecule has 2 rings (SSSR count). The van der Waals surface area contributed by atoms with Gasteiger partial charge in [0.25, 0.3) is 5.91 Å². The van der Waals surface area contributed by atoms with Crippen molar-refractivity contribution >= 4 is 15.9 Å². The van der Waals surface area contributed by atoms with Crippen LogP contribution in [0.5, 0.6) is 5.75 Å². The molecule has 0 aromatic heterocycles. The second-order valence-corrected chi connectivity index (χ2v) is 9.32. The molecule has 0 aliphatic carbocycles. The van der Waals surface area contributed by atoms with Crippen LogP contribution in [0.2, 0.25) is 0 Å². The molecule has 29 heavy (non-hydrogen) atoms. The van der Waals surface area contributed by atoms with Crippen LogP contribution in [-0.2, 0) is 10.0 Å². The number of nitrogens with one attached hydrogen (secondary N) is 1. The average molecular weight is 421 g/mol. The number of rotatable bonds is 8. The van der Waals surface area contributed by atoms with E-state index in [1.54, 1.807) is 26.0 Å². The SMILES string of the molecule is Cc1cccc(OCC(O)CNC(=O)c2cc(C)c(C)c(S(=O)(=O)N(C)C)c2)c1. The van der Waals surface area contributed by atoms with Gasteiger partial charge in [-0.15, -0.1) is 0 Å². The number of nitrogens with zero attached hydrogens (tertiary/aromatic N) is 1. The third-order valence-corrected chi connectivity index (χ3v) is 6.51. The molecule has 0 spiro atoms. The number of sulfonamides is 1.